The standard InChI is InChI=1S/C21H17FN4O2/c22-13-3-1-2-11(6-13)19-23-8-12-4-5-14-16-15(24-18(14)17(12)25-19)7-21(9-28-10-21)26-20(16)27/h1-3,6,8,24H,4-5,7,9-10H2,(H,26,27). The highest BCUT2D eigenvalue weighted by Gasteiger charge is 2.46. The third-order valence-corrected chi connectivity index (χ3v) is 5.89. The lowest BCUT2D eigenvalue weighted by Gasteiger charge is -2.44. The van der Waals surface area contributed by atoms with Gasteiger partial charge in [-0.05, 0) is 36.1 Å². The number of rotatable bonds is 1. The molecule has 0 saturated carbocycles. The van der Waals surface area contributed by atoms with Crippen LogP contribution in [-0.4, -0.2) is 39.6 Å². The van der Waals surface area contributed by atoms with Crippen molar-refractivity contribution < 1.29 is 13.9 Å². The summed E-state index contributed by atoms with van der Waals surface area (Å²) in [7, 11) is 0. The summed E-state index contributed by atoms with van der Waals surface area (Å²) in [4.78, 5) is 25.4. The summed E-state index contributed by atoms with van der Waals surface area (Å²) >= 11 is 0. The minimum atomic E-state index is -0.320. The van der Waals surface area contributed by atoms with E-state index in [1.54, 1.807) is 12.1 Å². The van der Waals surface area contributed by atoms with E-state index in [1.807, 2.05) is 6.20 Å². The average molecular weight is 376 g/mol. The van der Waals surface area contributed by atoms with Crippen molar-refractivity contribution in [3.05, 3.63) is 58.7 Å². The molecular weight excluding hydrogens is 359 g/mol. The summed E-state index contributed by atoms with van der Waals surface area (Å²) in [6.45, 7) is 1.09. The van der Waals surface area contributed by atoms with Gasteiger partial charge in [-0.1, -0.05) is 12.1 Å². The zero-order valence-corrected chi connectivity index (χ0v) is 15.0. The maximum absolute atomic E-state index is 13.6. The molecule has 2 aromatic heterocycles. The largest absolute Gasteiger partial charge is 0.376 e. The maximum Gasteiger partial charge on any atom is 0.254 e. The Kier molecular flexibility index (Phi) is 3.12. The molecule has 1 amide bonds. The van der Waals surface area contributed by atoms with E-state index in [4.69, 9.17) is 9.72 Å². The van der Waals surface area contributed by atoms with Crippen LogP contribution in [0, 0.1) is 5.82 Å². The Morgan fingerprint density at radius 1 is 1.21 bits per heavy atom. The normalized spacial score (nSPS) is 18.7. The van der Waals surface area contributed by atoms with Crippen molar-refractivity contribution in [1.29, 1.82) is 0 Å². The summed E-state index contributed by atoms with van der Waals surface area (Å²) in [5.74, 6) is 0.122. The quantitative estimate of drug-likeness (QED) is 0.684. The lowest BCUT2D eigenvalue weighted by atomic mass is 9.84. The van der Waals surface area contributed by atoms with Crippen LogP contribution in [0.25, 0.3) is 22.8 Å². The molecule has 1 saturated heterocycles. The first-order valence-electron chi connectivity index (χ1n) is 9.38. The Balaban J connectivity index is 1.48. The summed E-state index contributed by atoms with van der Waals surface area (Å²) in [6.07, 6.45) is 4.09. The third kappa shape index (κ3) is 2.19. The number of carbonyl (C=O) groups excluding carboxylic acids is 1. The van der Waals surface area contributed by atoms with Gasteiger partial charge in [-0.15, -0.1) is 0 Å². The van der Waals surface area contributed by atoms with Crippen LogP contribution in [0.15, 0.2) is 30.5 Å². The molecule has 1 fully saturated rings. The number of fused-ring (bicyclic) bond motifs is 5. The van der Waals surface area contributed by atoms with Crippen molar-refractivity contribution in [2.45, 2.75) is 24.8 Å². The van der Waals surface area contributed by atoms with Crippen LogP contribution in [0.4, 0.5) is 4.39 Å². The minimum Gasteiger partial charge on any atom is -0.376 e. The maximum atomic E-state index is 13.6. The van der Waals surface area contributed by atoms with Crippen molar-refractivity contribution in [3.63, 3.8) is 0 Å². The number of halogens is 1. The van der Waals surface area contributed by atoms with Gasteiger partial charge in [-0.2, -0.15) is 0 Å². The molecule has 0 bridgehead atoms. The predicted molar refractivity (Wildman–Crippen MR) is 99.3 cm³/mol. The highest BCUT2D eigenvalue weighted by atomic mass is 19.1. The first-order valence-corrected chi connectivity index (χ1v) is 9.38. The second-order valence-corrected chi connectivity index (χ2v) is 7.81. The highest BCUT2D eigenvalue weighted by Crippen LogP contribution is 2.39. The molecule has 1 aromatic carbocycles. The third-order valence-electron chi connectivity index (χ3n) is 5.89. The fraction of sp³-hybridized carbons (Fsp3) is 0.286. The molecule has 28 heavy (non-hydrogen) atoms. The topological polar surface area (TPSA) is 79.9 Å². The van der Waals surface area contributed by atoms with Crippen LogP contribution < -0.4 is 5.32 Å². The zero-order chi connectivity index (χ0) is 18.9. The summed E-state index contributed by atoms with van der Waals surface area (Å²) < 4.78 is 19.0. The molecule has 0 radical (unpaired) electrons. The van der Waals surface area contributed by atoms with E-state index in [0.717, 1.165) is 53.0 Å². The SMILES string of the molecule is O=C1NC2(COC2)Cc2[nH]c3c(c21)CCc1cnc(-c2cccc(F)c2)nc1-3. The van der Waals surface area contributed by atoms with Crippen molar-refractivity contribution in [2.24, 2.45) is 0 Å². The number of amides is 1. The predicted octanol–water partition coefficient (Wildman–Crippen LogP) is 2.43. The lowest BCUT2D eigenvalue weighted by molar-refractivity contribution is -0.0713. The van der Waals surface area contributed by atoms with E-state index in [2.05, 4.69) is 15.3 Å². The fourth-order valence-corrected chi connectivity index (χ4v) is 4.50. The number of nitrogens with zero attached hydrogens (tertiary/aromatic N) is 2. The molecular formula is C21H17FN4O2. The van der Waals surface area contributed by atoms with Crippen LogP contribution in [0.1, 0.15) is 27.2 Å². The minimum absolute atomic E-state index is 0.0371. The molecule has 7 heteroatoms. The molecule has 6 nitrogen and oxygen atoms in total. The lowest BCUT2D eigenvalue weighted by Crippen LogP contribution is -2.65. The van der Waals surface area contributed by atoms with Crippen LogP contribution in [-0.2, 0) is 24.0 Å². The molecule has 2 N–H and O–H groups in total. The van der Waals surface area contributed by atoms with Gasteiger partial charge >= 0.3 is 0 Å². The van der Waals surface area contributed by atoms with Crippen LogP contribution in [0.5, 0.6) is 0 Å². The Morgan fingerprint density at radius 3 is 2.89 bits per heavy atom. The number of hydrogen-bond donors (Lipinski definition) is 2. The highest BCUT2D eigenvalue weighted by molar-refractivity contribution is 6.01. The van der Waals surface area contributed by atoms with Crippen molar-refractivity contribution in [3.8, 4) is 22.8 Å². The smallest absolute Gasteiger partial charge is 0.254 e. The number of ether oxygens (including phenoxy) is 1. The number of aromatic nitrogens is 3. The number of nitrogens with one attached hydrogen (secondary N) is 2. The second kappa shape index (κ2) is 5.48. The second-order valence-electron chi connectivity index (χ2n) is 7.81. The summed E-state index contributed by atoms with van der Waals surface area (Å²) in [5, 5.41) is 3.13. The van der Waals surface area contributed by atoms with Crippen molar-refractivity contribution >= 4 is 5.91 Å². The van der Waals surface area contributed by atoms with Gasteiger partial charge in [-0.3, -0.25) is 4.79 Å². The monoisotopic (exact) mass is 376 g/mol. The molecule has 1 spiro atoms. The first kappa shape index (κ1) is 15.9. The van der Waals surface area contributed by atoms with Gasteiger partial charge in [-0.25, -0.2) is 14.4 Å². The fourth-order valence-electron chi connectivity index (χ4n) is 4.50. The number of H-pyrrole nitrogens is 1. The van der Waals surface area contributed by atoms with Crippen molar-refractivity contribution in [2.75, 3.05) is 13.2 Å². The molecule has 0 atom stereocenters. The van der Waals surface area contributed by atoms with Gasteiger partial charge < -0.3 is 15.0 Å². The number of aryl methyl sites for hydroxylation is 1. The van der Waals surface area contributed by atoms with E-state index in [1.165, 1.54) is 12.1 Å². The van der Waals surface area contributed by atoms with Gasteiger partial charge in [0.25, 0.3) is 5.91 Å². The van der Waals surface area contributed by atoms with E-state index in [0.29, 0.717) is 24.6 Å². The van der Waals surface area contributed by atoms with E-state index < -0.39 is 0 Å². The molecule has 6 rings (SSSR count). The van der Waals surface area contributed by atoms with Crippen molar-refractivity contribution in [1.82, 2.24) is 20.3 Å². The molecule has 3 aliphatic rings. The number of carbonyl (C=O) groups is 1. The Morgan fingerprint density at radius 2 is 2.11 bits per heavy atom. The van der Waals surface area contributed by atoms with Gasteiger partial charge in [0.2, 0.25) is 0 Å². The number of aromatic amines is 1. The van der Waals surface area contributed by atoms with Gasteiger partial charge in [0.05, 0.1) is 35.7 Å². The summed E-state index contributed by atoms with van der Waals surface area (Å²) in [5.41, 5.74) is 5.80. The molecule has 0 unspecified atom stereocenters. The zero-order valence-electron chi connectivity index (χ0n) is 15.0. The first-order chi connectivity index (χ1) is 13.6. The van der Waals surface area contributed by atoms with E-state index in [-0.39, 0.29) is 17.3 Å². The van der Waals surface area contributed by atoms with Gasteiger partial charge in [0.1, 0.15) is 5.82 Å². The van der Waals surface area contributed by atoms with Gasteiger partial charge in [0, 0.05) is 23.9 Å². The van der Waals surface area contributed by atoms with Crippen LogP contribution >= 0.6 is 0 Å². The number of benzene rings is 1. The molecule has 3 aromatic rings. The number of hydrogen-bond acceptors (Lipinski definition) is 4. The Bertz CT molecular complexity index is 1150. The average Bonchev–Trinajstić information content (AvgIpc) is 3.05. The van der Waals surface area contributed by atoms with Crippen LogP contribution in [0.3, 0.4) is 0 Å². The molecule has 140 valence electrons. The van der Waals surface area contributed by atoms with E-state index in [9.17, 15) is 9.18 Å². The molecule has 1 aliphatic carbocycles. The van der Waals surface area contributed by atoms with Crippen LogP contribution in [0.2, 0.25) is 0 Å². The Hall–Kier alpha value is -3.06. The molecule has 2 aliphatic heterocycles. The van der Waals surface area contributed by atoms with E-state index >= 15 is 0 Å². The molecule has 4 heterocycles. The Labute approximate surface area is 160 Å². The summed E-state index contributed by atoms with van der Waals surface area (Å²) in [6, 6.07) is 6.27. The van der Waals surface area contributed by atoms with Gasteiger partial charge in [0.15, 0.2) is 5.82 Å².